The van der Waals surface area contributed by atoms with Crippen LogP contribution in [0.25, 0.3) is 0 Å². The van der Waals surface area contributed by atoms with Crippen LogP contribution in [-0.2, 0) is 20.7 Å². The molecule has 0 aliphatic carbocycles. The van der Waals surface area contributed by atoms with Crippen molar-refractivity contribution in [1.82, 2.24) is 0 Å². The van der Waals surface area contributed by atoms with Crippen LogP contribution in [0.5, 0.6) is 0 Å². The van der Waals surface area contributed by atoms with Gasteiger partial charge in [0.2, 0.25) is 0 Å². The van der Waals surface area contributed by atoms with Gasteiger partial charge in [0, 0.05) is 26.8 Å². The number of ether oxygens (including phenoxy) is 1. The predicted octanol–water partition coefficient (Wildman–Crippen LogP) is 2.65. The summed E-state index contributed by atoms with van der Waals surface area (Å²) in [5, 5.41) is 11.9. The Morgan fingerprint density at radius 3 is 2.45 bits per heavy atom. The standard InChI is InChI=1S/C11H22O4S7/c12-1-2-17-6-15-11(13)5-19-9-21-10-20-8-18-3-4-22(14)7-16/h12,16H,1-10H2. The lowest BCUT2D eigenvalue weighted by atomic mass is 10.8. The molecular formula is C11H22O4S7. The minimum absolute atomic E-state index is 0.108. The number of thioether (sulfide) groups is 5. The number of aliphatic hydroxyl groups excluding tert-OH is 1. The van der Waals surface area contributed by atoms with Crippen molar-refractivity contribution in [3.05, 3.63) is 0 Å². The number of aliphatic hydroxyl groups is 1. The van der Waals surface area contributed by atoms with E-state index in [4.69, 9.17) is 9.84 Å². The van der Waals surface area contributed by atoms with Crippen molar-refractivity contribution < 1.29 is 19.2 Å². The molecule has 0 saturated carbocycles. The largest absolute Gasteiger partial charge is 0.616 e. The molecule has 0 spiro atoms. The molecule has 1 unspecified atom stereocenters. The first-order chi connectivity index (χ1) is 10.7. The van der Waals surface area contributed by atoms with Gasteiger partial charge in [0.05, 0.1) is 12.4 Å². The van der Waals surface area contributed by atoms with Gasteiger partial charge in [-0.2, -0.15) is 0 Å². The van der Waals surface area contributed by atoms with Crippen molar-refractivity contribution in [2.75, 3.05) is 55.9 Å². The number of carbonyl (C=O) groups excluding carboxylic acids is 1. The van der Waals surface area contributed by atoms with E-state index in [2.05, 4.69) is 12.6 Å². The molecule has 0 heterocycles. The zero-order valence-electron chi connectivity index (χ0n) is 12.1. The minimum atomic E-state index is -0.779. The van der Waals surface area contributed by atoms with E-state index in [1.165, 1.54) is 11.8 Å². The molecule has 0 bridgehead atoms. The summed E-state index contributed by atoms with van der Waals surface area (Å²) in [6.45, 7) is 0.108. The highest BCUT2D eigenvalue weighted by molar-refractivity contribution is 8.26. The van der Waals surface area contributed by atoms with E-state index in [1.54, 1.807) is 35.3 Å². The Labute approximate surface area is 162 Å². The molecule has 22 heavy (non-hydrogen) atoms. The van der Waals surface area contributed by atoms with Crippen LogP contribution in [0.3, 0.4) is 0 Å². The summed E-state index contributed by atoms with van der Waals surface area (Å²) in [6, 6.07) is 0. The van der Waals surface area contributed by atoms with Gasteiger partial charge in [-0.1, -0.05) is 0 Å². The van der Waals surface area contributed by atoms with Crippen LogP contribution in [0.1, 0.15) is 0 Å². The first kappa shape index (κ1) is 23.8. The molecule has 1 atom stereocenters. The van der Waals surface area contributed by atoms with E-state index in [9.17, 15) is 9.35 Å². The summed E-state index contributed by atoms with van der Waals surface area (Å²) in [5.41, 5.74) is 0. The lowest BCUT2D eigenvalue weighted by Gasteiger charge is -2.07. The van der Waals surface area contributed by atoms with Crippen molar-refractivity contribution in [3.63, 3.8) is 0 Å². The summed E-state index contributed by atoms with van der Waals surface area (Å²) in [6.07, 6.45) is 0. The molecular weight excluding hydrogens is 421 g/mol. The molecule has 1 N–H and O–H groups in total. The zero-order valence-corrected chi connectivity index (χ0v) is 17.9. The Morgan fingerprint density at radius 1 is 1.09 bits per heavy atom. The summed E-state index contributed by atoms with van der Waals surface area (Å²) >= 11 is 11.6. The van der Waals surface area contributed by atoms with E-state index in [1.807, 2.05) is 11.8 Å². The second kappa shape index (κ2) is 19.2. The van der Waals surface area contributed by atoms with Gasteiger partial charge in [0.25, 0.3) is 0 Å². The molecule has 0 fully saturated rings. The number of thiol groups is 1. The fourth-order valence-electron chi connectivity index (χ4n) is 0.918. The van der Waals surface area contributed by atoms with Crippen molar-refractivity contribution in [2.45, 2.75) is 0 Å². The fourth-order valence-corrected chi connectivity index (χ4v) is 7.35. The third-order valence-electron chi connectivity index (χ3n) is 1.86. The minimum Gasteiger partial charge on any atom is -0.616 e. The third-order valence-corrected chi connectivity index (χ3v) is 9.62. The molecule has 4 nitrogen and oxygen atoms in total. The molecule has 11 heteroatoms. The molecule has 0 radical (unpaired) electrons. The highest BCUT2D eigenvalue weighted by Crippen LogP contribution is 2.21. The molecule has 0 amide bonds. The summed E-state index contributed by atoms with van der Waals surface area (Å²) < 4.78 is 16.1. The van der Waals surface area contributed by atoms with Crippen LogP contribution in [0.2, 0.25) is 0 Å². The number of carbonyl (C=O) groups is 1. The van der Waals surface area contributed by atoms with Crippen LogP contribution in [0.15, 0.2) is 0 Å². The van der Waals surface area contributed by atoms with E-state index < -0.39 is 11.2 Å². The van der Waals surface area contributed by atoms with Crippen LogP contribution < -0.4 is 0 Å². The molecule has 132 valence electrons. The molecule has 0 aromatic rings. The SMILES string of the molecule is O=C(CSCSCSCSCC[S+]([O-])CS)OCSCCO. The topological polar surface area (TPSA) is 69.6 Å². The maximum absolute atomic E-state index is 11.3. The maximum atomic E-state index is 11.3. The number of esters is 1. The fraction of sp³-hybridized carbons (Fsp3) is 0.909. The Bertz CT molecular complexity index is 261. The summed E-state index contributed by atoms with van der Waals surface area (Å²) in [5.74, 6) is 2.72. The smallest absolute Gasteiger partial charge is 0.316 e. The third kappa shape index (κ3) is 18.2. The van der Waals surface area contributed by atoms with E-state index >= 15 is 0 Å². The van der Waals surface area contributed by atoms with Crippen LogP contribution >= 0.6 is 71.4 Å². The van der Waals surface area contributed by atoms with Gasteiger partial charge in [0.15, 0.2) is 0 Å². The lowest BCUT2D eigenvalue weighted by molar-refractivity contribution is -0.138. The lowest BCUT2D eigenvalue weighted by Crippen LogP contribution is -2.09. The first-order valence-corrected chi connectivity index (χ1v) is 14.2. The molecule has 0 aromatic carbocycles. The van der Waals surface area contributed by atoms with Crippen LogP contribution in [-0.4, -0.2) is 71.5 Å². The van der Waals surface area contributed by atoms with Crippen molar-refractivity contribution >= 4 is 88.6 Å². The van der Waals surface area contributed by atoms with Gasteiger partial charge in [-0.05, 0) is 11.2 Å². The maximum Gasteiger partial charge on any atom is 0.316 e. The van der Waals surface area contributed by atoms with Gasteiger partial charge in [-0.25, -0.2) is 0 Å². The van der Waals surface area contributed by atoms with Gasteiger partial charge < -0.3 is 14.4 Å². The average molecular weight is 443 g/mol. The van der Waals surface area contributed by atoms with Gasteiger partial charge in [0.1, 0.15) is 16.8 Å². The number of rotatable bonds is 16. The molecule has 0 rings (SSSR count). The Hall–Kier alpha value is 1.84. The van der Waals surface area contributed by atoms with E-state index in [-0.39, 0.29) is 12.6 Å². The quantitative estimate of drug-likeness (QED) is 0.123. The monoisotopic (exact) mass is 442 g/mol. The second-order valence-corrected chi connectivity index (χ2v) is 12.1. The van der Waals surface area contributed by atoms with Crippen LogP contribution in [0.4, 0.5) is 0 Å². The Kier molecular flexibility index (Phi) is 20.8. The molecule has 0 aliphatic heterocycles. The van der Waals surface area contributed by atoms with Crippen molar-refractivity contribution in [2.24, 2.45) is 0 Å². The second-order valence-electron chi connectivity index (χ2n) is 3.56. The van der Waals surface area contributed by atoms with E-state index in [0.717, 1.165) is 26.8 Å². The predicted molar refractivity (Wildman–Crippen MR) is 112 cm³/mol. The average Bonchev–Trinajstić information content (AvgIpc) is 2.53. The van der Waals surface area contributed by atoms with Gasteiger partial charge in [-0.3, -0.25) is 4.79 Å². The zero-order chi connectivity index (χ0) is 16.5. The Balaban J connectivity index is 3.15. The van der Waals surface area contributed by atoms with Crippen LogP contribution in [0, 0.1) is 0 Å². The first-order valence-electron chi connectivity index (χ1n) is 6.31. The Morgan fingerprint density at radius 2 is 1.77 bits per heavy atom. The molecule has 0 aromatic heterocycles. The molecule has 0 saturated heterocycles. The summed E-state index contributed by atoms with van der Waals surface area (Å²) in [7, 11) is 0. The summed E-state index contributed by atoms with van der Waals surface area (Å²) in [4.78, 5) is 11.3. The number of hydrogen-bond acceptors (Lipinski definition) is 10. The van der Waals surface area contributed by atoms with E-state index in [0.29, 0.717) is 22.5 Å². The molecule has 0 aliphatic rings. The number of hydrogen-bond donors (Lipinski definition) is 2. The van der Waals surface area contributed by atoms with Crippen molar-refractivity contribution in [3.8, 4) is 0 Å². The van der Waals surface area contributed by atoms with Gasteiger partial charge >= 0.3 is 5.97 Å². The highest BCUT2D eigenvalue weighted by Gasteiger charge is 2.03. The normalized spacial score (nSPS) is 12.3. The van der Waals surface area contributed by atoms with Gasteiger partial charge in [-0.15, -0.1) is 71.4 Å². The van der Waals surface area contributed by atoms with Crippen molar-refractivity contribution in [1.29, 1.82) is 0 Å². The highest BCUT2D eigenvalue weighted by atomic mass is 32.3.